The van der Waals surface area contributed by atoms with Gasteiger partial charge < -0.3 is 15.2 Å². The van der Waals surface area contributed by atoms with E-state index < -0.39 is 0 Å². The summed E-state index contributed by atoms with van der Waals surface area (Å²) < 4.78 is 5.03. The topological polar surface area (TPSA) is 61.8 Å². The van der Waals surface area contributed by atoms with Gasteiger partial charge in [0.05, 0.1) is 6.10 Å². The molecule has 1 saturated heterocycles. The number of nitrogens with one attached hydrogen (secondary N) is 1. The standard InChI is InChI=1S/C15H28N2O3/c1-11(20-2)15(19)16-12-7-9-17(10-8-12)13-5-3-4-6-14(13)18/h11-14,18H,3-10H2,1-2H3,(H,16,19). The van der Waals surface area contributed by atoms with Crippen LogP contribution in [0.2, 0.25) is 0 Å². The highest BCUT2D eigenvalue weighted by Crippen LogP contribution is 2.25. The fraction of sp³-hybridized carbons (Fsp3) is 0.933. The zero-order chi connectivity index (χ0) is 14.5. The van der Waals surface area contributed by atoms with E-state index >= 15 is 0 Å². The Morgan fingerprint density at radius 1 is 1.25 bits per heavy atom. The number of hydrogen-bond donors (Lipinski definition) is 2. The van der Waals surface area contributed by atoms with Crippen molar-refractivity contribution >= 4 is 5.91 Å². The number of hydrogen-bond acceptors (Lipinski definition) is 4. The minimum Gasteiger partial charge on any atom is -0.391 e. The van der Waals surface area contributed by atoms with Crippen LogP contribution in [-0.4, -0.2) is 60.4 Å². The highest BCUT2D eigenvalue weighted by atomic mass is 16.5. The molecule has 0 aromatic heterocycles. The first-order valence-electron chi connectivity index (χ1n) is 7.87. The van der Waals surface area contributed by atoms with Gasteiger partial charge in [-0.25, -0.2) is 0 Å². The second kappa shape index (κ2) is 7.38. The third kappa shape index (κ3) is 3.93. The summed E-state index contributed by atoms with van der Waals surface area (Å²) in [6, 6.07) is 0.579. The van der Waals surface area contributed by atoms with Crippen LogP contribution in [-0.2, 0) is 9.53 Å². The van der Waals surface area contributed by atoms with Crippen molar-refractivity contribution in [2.24, 2.45) is 0 Å². The minimum atomic E-state index is -0.381. The zero-order valence-electron chi connectivity index (χ0n) is 12.7. The maximum atomic E-state index is 11.8. The maximum Gasteiger partial charge on any atom is 0.249 e. The molecule has 2 rings (SSSR count). The molecule has 0 radical (unpaired) electrons. The van der Waals surface area contributed by atoms with Gasteiger partial charge in [0.1, 0.15) is 6.10 Å². The van der Waals surface area contributed by atoms with Crippen LogP contribution in [0, 0.1) is 0 Å². The quantitative estimate of drug-likeness (QED) is 0.805. The lowest BCUT2D eigenvalue weighted by atomic mass is 9.89. The minimum absolute atomic E-state index is 0.0244. The largest absolute Gasteiger partial charge is 0.391 e. The van der Waals surface area contributed by atoms with E-state index in [0.717, 1.165) is 45.2 Å². The van der Waals surface area contributed by atoms with Crippen molar-refractivity contribution in [1.29, 1.82) is 0 Å². The molecule has 0 aromatic carbocycles. The molecule has 5 nitrogen and oxygen atoms in total. The smallest absolute Gasteiger partial charge is 0.249 e. The van der Waals surface area contributed by atoms with Gasteiger partial charge in [-0.05, 0) is 32.6 Å². The normalized spacial score (nSPS) is 30.9. The van der Waals surface area contributed by atoms with Crippen molar-refractivity contribution in [2.45, 2.75) is 69.7 Å². The van der Waals surface area contributed by atoms with E-state index in [4.69, 9.17) is 4.74 Å². The van der Waals surface area contributed by atoms with E-state index in [1.165, 1.54) is 6.42 Å². The van der Waals surface area contributed by atoms with E-state index in [2.05, 4.69) is 10.2 Å². The first-order chi connectivity index (χ1) is 9.61. The van der Waals surface area contributed by atoms with E-state index in [9.17, 15) is 9.90 Å². The van der Waals surface area contributed by atoms with Gasteiger partial charge in [-0.2, -0.15) is 0 Å². The molecule has 1 aliphatic heterocycles. The molecule has 3 atom stereocenters. The van der Waals surface area contributed by atoms with E-state index in [-0.39, 0.29) is 24.2 Å². The molecular weight excluding hydrogens is 256 g/mol. The number of amides is 1. The molecule has 1 saturated carbocycles. The number of aliphatic hydroxyl groups is 1. The lowest BCUT2D eigenvalue weighted by Crippen LogP contribution is -2.53. The van der Waals surface area contributed by atoms with Gasteiger partial charge >= 0.3 is 0 Å². The third-order valence-electron chi connectivity index (χ3n) is 4.76. The number of rotatable bonds is 4. The SMILES string of the molecule is COC(C)C(=O)NC1CCN(C2CCCCC2O)CC1. The Kier molecular flexibility index (Phi) is 5.81. The van der Waals surface area contributed by atoms with Gasteiger partial charge in [0, 0.05) is 32.3 Å². The zero-order valence-corrected chi connectivity index (χ0v) is 12.7. The average molecular weight is 284 g/mol. The summed E-state index contributed by atoms with van der Waals surface area (Å²) in [7, 11) is 1.55. The molecular formula is C15H28N2O3. The summed E-state index contributed by atoms with van der Waals surface area (Å²) in [6.07, 6.45) is 5.81. The van der Waals surface area contributed by atoms with Crippen molar-refractivity contribution in [3.05, 3.63) is 0 Å². The van der Waals surface area contributed by atoms with Crippen molar-refractivity contribution in [2.75, 3.05) is 20.2 Å². The summed E-state index contributed by atoms with van der Waals surface area (Å²) in [6.45, 7) is 3.70. The first kappa shape index (κ1) is 15.7. The second-order valence-electron chi connectivity index (χ2n) is 6.12. The second-order valence-corrected chi connectivity index (χ2v) is 6.12. The van der Waals surface area contributed by atoms with Crippen LogP contribution in [0.1, 0.15) is 45.4 Å². The van der Waals surface area contributed by atoms with Gasteiger partial charge in [0.25, 0.3) is 0 Å². The molecule has 0 aromatic rings. The number of piperidine rings is 1. The van der Waals surface area contributed by atoms with E-state index in [0.29, 0.717) is 6.04 Å². The highest BCUT2D eigenvalue weighted by Gasteiger charge is 2.31. The van der Waals surface area contributed by atoms with Gasteiger partial charge in [-0.15, -0.1) is 0 Å². The predicted octanol–water partition coefficient (Wildman–Crippen LogP) is 0.905. The maximum absolute atomic E-state index is 11.8. The Hall–Kier alpha value is -0.650. The van der Waals surface area contributed by atoms with Crippen LogP contribution in [0.4, 0.5) is 0 Å². The Morgan fingerprint density at radius 2 is 1.90 bits per heavy atom. The molecule has 1 amide bonds. The van der Waals surface area contributed by atoms with E-state index in [1.54, 1.807) is 14.0 Å². The molecule has 2 fully saturated rings. The summed E-state index contributed by atoms with van der Waals surface area (Å²) in [5.41, 5.74) is 0. The Balaban J connectivity index is 1.76. The molecule has 3 unspecified atom stereocenters. The summed E-state index contributed by atoms with van der Waals surface area (Å²) in [4.78, 5) is 14.2. The molecule has 1 aliphatic carbocycles. The molecule has 116 valence electrons. The number of aliphatic hydroxyl groups excluding tert-OH is 1. The van der Waals surface area contributed by atoms with Gasteiger partial charge in [0.15, 0.2) is 0 Å². The molecule has 2 aliphatic rings. The van der Waals surface area contributed by atoms with Crippen molar-refractivity contribution in [1.82, 2.24) is 10.2 Å². The van der Waals surface area contributed by atoms with Crippen molar-refractivity contribution in [3.63, 3.8) is 0 Å². The van der Waals surface area contributed by atoms with E-state index in [1.807, 2.05) is 0 Å². The van der Waals surface area contributed by atoms with Gasteiger partial charge in [0.2, 0.25) is 5.91 Å². The van der Waals surface area contributed by atoms with Crippen molar-refractivity contribution in [3.8, 4) is 0 Å². The first-order valence-corrected chi connectivity index (χ1v) is 7.87. The van der Waals surface area contributed by atoms with Gasteiger partial charge in [-0.1, -0.05) is 12.8 Å². The average Bonchev–Trinajstić information content (AvgIpc) is 2.48. The lowest BCUT2D eigenvalue weighted by Gasteiger charge is -2.41. The van der Waals surface area contributed by atoms with Crippen LogP contribution in [0.25, 0.3) is 0 Å². The Bertz CT molecular complexity index is 316. The van der Waals surface area contributed by atoms with Gasteiger partial charge in [-0.3, -0.25) is 9.69 Å². The molecule has 0 bridgehead atoms. The molecule has 5 heteroatoms. The molecule has 20 heavy (non-hydrogen) atoms. The monoisotopic (exact) mass is 284 g/mol. The Morgan fingerprint density at radius 3 is 2.50 bits per heavy atom. The number of carbonyl (C=O) groups is 1. The van der Waals surface area contributed by atoms with Crippen LogP contribution in [0.3, 0.4) is 0 Å². The Labute approximate surface area is 121 Å². The molecule has 0 spiro atoms. The highest BCUT2D eigenvalue weighted by molar-refractivity contribution is 5.80. The van der Waals surface area contributed by atoms with Crippen molar-refractivity contribution < 1.29 is 14.6 Å². The summed E-state index contributed by atoms with van der Waals surface area (Å²) >= 11 is 0. The van der Waals surface area contributed by atoms with Crippen LogP contribution < -0.4 is 5.32 Å². The predicted molar refractivity (Wildman–Crippen MR) is 77.5 cm³/mol. The lowest BCUT2D eigenvalue weighted by molar-refractivity contribution is -0.131. The summed E-state index contributed by atoms with van der Waals surface area (Å²) in [5, 5.41) is 13.2. The molecule has 2 N–H and O–H groups in total. The number of methoxy groups -OCH3 is 1. The summed E-state index contributed by atoms with van der Waals surface area (Å²) in [5.74, 6) is -0.0244. The number of nitrogens with zero attached hydrogens (tertiary/aromatic N) is 1. The number of ether oxygens (including phenoxy) is 1. The number of likely N-dealkylation sites (tertiary alicyclic amines) is 1. The number of carbonyl (C=O) groups excluding carboxylic acids is 1. The fourth-order valence-electron chi connectivity index (χ4n) is 3.32. The molecule has 1 heterocycles. The van der Waals surface area contributed by atoms with Crippen LogP contribution >= 0.6 is 0 Å². The fourth-order valence-corrected chi connectivity index (χ4v) is 3.32. The van der Waals surface area contributed by atoms with Crippen LogP contribution in [0.5, 0.6) is 0 Å². The third-order valence-corrected chi connectivity index (χ3v) is 4.76. The van der Waals surface area contributed by atoms with Crippen LogP contribution in [0.15, 0.2) is 0 Å².